The Bertz CT molecular complexity index is 1320. The number of hydrogen-bond donors (Lipinski definition) is 1. The van der Waals surface area contributed by atoms with Crippen LogP contribution in [0.15, 0.2) is 78.4 Å². The number of carbonyl (C=O) groups is 2. The van der Waals surface area contributed by atoms with E-state index in [1.807, 2.05) is 51.1 Å². The Balaban J connectivity index is 1.69. The highest BCUT2D eigenvalue weighted by atomic mass is 19.1. The fourth-order valence-electron chi connectivity index (χ4n) is 4.77. The van der Waals surface area contributed by atoms with Crippen LogP contribution in [0.5, 0.6) is 5.75 Å². The van der Waals surface area contributed by atoms with Crippen LogP contribution in [0.1, 0.15) is 42.1 Å². The molecule has 3 aromatic carbocycles. The van der Waals surface area contributed by atoms with Gasteiger partial charge in [0.2, 0.25) is 0 Å². The molecule has 0 aliphatic carbocycles. The fraction of sp³-hybridized carbons (Fsp3) is 0.290. The van der Waals surface area contributed by atoms with Gasteiger partial charge in [-0.15, -0.1) is 0 Å². The number of carbonyl (C=O) groups excluding carboxylic acids is 2. The molecule has 1 heterocycles. The Kier molecular flexibility index (Phi) is 8.59. The fourth-order valence-corrected chi connectivity index (χ4v) is 4.77. The van der Waals surface area contributed by atoms with Crippen LogP contribution >= 0.6 is 0 Å². The number of aryl methyl sites for hydroxylation is 1. The Morgan fingerprint density at radius 2 is 1.68 bits per heavy atom. The van der Waals surface area contributed by atoms with Crippen LogP contribution in [0.4, 0.5) is 4.39 Å². The van der Waals surface area contributed by atoms with Crippen molar-refractivity contribution in [3.05, 3.63) is 106 Å². The quantitative estimate of drug-likeness (QED) is 0.220. The zero-order valence-electron chi connectivity index (χ0n) is 22.0. The first-order valence-corrected chi connectivity index (χ1v) is 12.9. The van der Waals surface area contributed by atoms with Gasteiger partial charge in [-0.25, -0.2) is 4.39 Å². The van der Waals surface area contributed by atoms with Crippen molar-refractivity contribution < 1.29 is 23.8 Å². The number of likely N-dealkylation sites (N-methyl/N-ethyl adjacent to an activating group) is 1. The summed E-state index contributed by atoms with van der Waals surface area (Å²) < 4.78 is 19.6. The third kappa shape index (κ3) is 5.78. The van der Waals surface area contributed by atoms with Crippen LogP contribution < -0.4 is 4.74 Å². The first-order valence-electron chi connectivity index (χ1n) is 12.9. The summed E-state index contributed by atoms with van der Waals surface area (Å²) in [6, 6.07) is 19.9. The largest absolute Gasteiger partial charge is 0.507 e. The first kappa shape index (κ1) is 27.1. The minimum Gasteiger partial charge on any atom is -0.507 e. The minimum atomic E-state index is -0.820. The average molecular weight is 517 g/mol. The number of likely N-dealkylation sites (tertiary alicyclic amines) is 1. The molecular formula is C31H33FN2O4. The lowest BCUT2D eigenvalue weighted by Gasteiger charge is -2.28. The molecule has 6 nitrogen and oxygen atoms in total. The van der Waals surface area contributed by atoms with Gasteiger partial charge in [0.05, 0.1) is 11.6 Å². The Hall–Kier alpha value is -3.97. The number of halogens is 1. The molecule has 0 saturated carbocycles. The molecule has 1 saturated heterocycles. The van der Waals surface area contributed by atoms with Gasteiger partial charge in [0.15, 0.2) is 0 Å². The van der Waals surface area contributed by atoms with Crippen LogP contribution in [-0.2, 0) is 16.2 Å². The number of aliphatic hydroxyl groups excluding tert-OH is 1. The van der Waals surface area contributed by atoms with E-state index in [2.05, 4.69) is 4.90 Å². The topological polar surface area (TPSA) is 70.1 Å². The van der Waals surface area contributed by atoms with Gasteiger partial charge in [-0.3, -0.25) is 9.59 Å². The maximum absolute atomic E-state index is 13.7. The summed E-state index contributed by atoms with van der Waals surface area (Å²) >= 11 is 0. The van der Waals surface area contributed by atoms with Crippen molar-refractivity contribution in [3.8, 4) is 5.75 Å². The van der Waals surface area contributed by atoms with Gasteiger partial charge in [-0.05, 0) is 67.0 Å². The highest BCUT2D eigenvalue weighted by molar-refractivity contribution is 6.46. The second-order valence-corrected chi connectivity index (χ2v) is 9.32. The van der Waals surface area contributed by atoms with Gasteiger partial charge < -0.3 is 19.6 Å². The van der Waals surface area contributed by atoms with Crippen LogP contribution in [0, 0.1) is 12.7 Å². The number of aliphatic hydroxyl groups is 1. The molecule has 1 aliphatic rings. The van der Waals surface area contributed by atoms with Gasteiger partial charge in [0, 0.05) is 18.7 Å². The minimum absolute atomic E-state index is 0.00205. The van der Waals surface area contributed by atoms with E-state index in [1.165, 1.54) is 17.0 Å². The number of Topliss-reactive ketones (excluding diaryl/α,β-unsaturated/α-hetero) is 1. The molecule has 0 aromatic heterocycles. The Morgan fingerprint density at radius 3 is 2.32 bits per heavy atom. The maximum Gasteiger partial charge on any atom is 0.295 e. The molecule has 0 unspecified atom stereocenters. The maximum atomic E-state index is 13.7. The van der Waals surface area contributed by atoms with E-state index in [1.54, 1.807) is 30.3 Å². The highest BCUT2D eigenvalue weighted by Crippen LogP contribution is 2.40. The molecule has 1 aliphatic heterocycles. The summed E-state index contributed by atoms with van der Waals surface area (Å²) in [6.07, 6.45) is 0. The van der Waals surface area contributed by atoms with Crippen molar-refractivity contribution in [2.75, 3.05) is 26.2 Å². The third-order valence-corrected chi connectivity index (χ3v) is 6.98. The average Bonchev–Trinajstić information content (AvgIpc) is 3.18. The predicted molar refractivity (Wildman–Crippen MR) is 145 cm³/mol. The van der Waals surface area contributed by atoms with Crippen molar-refractivity contribution >= 4 is 17.4 Å². The van der Waals surface area contributed by atoms with E-state index in [9.17, 15) is 19.1 Å². The smallest absolute Gasteiger partial charge is 0.295 e. The molecule has 0 bridgehead atoms. The van der Waals surface area contributed by atoms with Crippen molar-refractivity contribution in [1.29, 1.82) is 0 Å². The molecule has 1 fully saturated rings. The molecular weight excluding hydrogens is 483 g/mol. The number of benzene rings is 3. The number of ether oxygens (including phenoxy) is 1. The highest BCUT2D eigenvalue weighted by Gasteiger charge is 2.46. The van der Waals surface area contributed by atoms with Crippen LogP contribution in [0.25, 0.3) is 5.76 Å². The van der Waals surface area contributed by atoms with E-state index in [-0.39, 0.29) is 11.3 Å². The summed E-state index contributed by atoms with van der Waals surface area (Å²) in [7, 11) is 0. The summed E-state index contributed by atoms with van der Waals surface area (Å²) in [5.74, 6) is -1.47. The van der Waals surface area contributed by atoms with E-state index in [0.717, 1.165) is 18.7 Å². The number of ketones is 1. The molecule has 1 N–H and O–H groups in total. The number of rotatable bonds is 10. The van der Waals surface area contributed by atoms with Gasteiger partial charge in [0.1, 0.15) is 23.9 Å². The standard InChI is InChI=1S/C31H33FN2O4/c1-4-33(5-2)17-18-34-28(23-11-13-24(32)14-12-23)27(30(36)31(34)37)29(35)26-16-15-25(19-21(26)3)38-20-22-9-7-6-8-10-22/h6-16,19,28,35H,4-5,17-18,20H2,1-3H3/t28-/m1/s1. The molecule has 1 atom stereocenters. The zero-order chi connectivity index (χ0) is 27.2. The van der Waals surface area contributed by atoms with Crippen LogP contribution in [0.3, 0.4) is 0 Å². The first-order chi connectivity index (χ1) is 18.3. The zero-order valence-corrected chi connectivity index (χ0v) is 22.0. The van der Waals surface area contributed by atoms with Crippen LogP contribution in [0.2, 0.25) is 0 Å². The molecule has 0 spiro atoms. The molecule has 38 heavy (non-hydrogen) atoms. The van der Waals surface area contributed by atoms with E-state index in [0.29, 0.717) is 42.1 Å². The lowest BCUT2D eigenvalue weighted by molar-refractivity contribution is -0.140. The third-order valence-electron chi connectivity index (χ3n) is 6.98. The molecule has 0 radical (unpaired) electrons. The van der Waals surface area contributed by atoms with Crippen molar-refractivity contribution in [2.24, 2.45) is 0 Å². The van der Waals surface area contributed by atoms with Crippen molar-refractivity contribution in [1.82, 2.24) is 9.80 Å². The van der Waals surface area contributed by atoms with Crippen molar-refractivity contribution in [3.63, 3.8) is 0 Å². The number of hydrogen-bond acceptors (Lipinski definition) is 5. The van der Waals surface area contributed by atoms with Gasteiger partial charge in [-0.1, -0.05) is 56.3 Å². The summed E-state index contributed by atoms with van der Waals surface area (Å²) in [4.78, 5) is 30.1. The normalized spacial score (nSPS) is 16.9. The number of amides is 1. The Morgan fingerprint density at radius 1 is 1.00 bits per heavy atom. The second-order valence-electron chi connectivity index (χ2n) is 9.32. The molecule has 4 rings (SSSR count). The second kappa shape index (κ2) is 12.0. The lowest BCUT2D eigenvalue weighted by atomic mass is 9.94. The van der Waals surface area contributed by atoms with Crippen LogP contribution in [-0.4, -0.2) is 52.8 Å². The summed E-state index contributed by atoms with van der Waals surface area (Å²) in [6.45, 7) is 8.76. The molecule has 1 amide bonds. The lowest BCUT2D eigenvalue weighted by Crippen LogP contribution is -2.38. The summed E-state index contributed by atoms with van der Waals surface area (Å²) in [5.41, 5.74) is 2.72. The van der Waals surface area contributed by atoms with Crippen molar-refractivity contribution in [2.45, 2.75) is 33.4 Å². The molecule has 3 aromatic rings. The SMILES string of the molecule is CCN(CC)CCN1C(=O)C(=O)C(=C(O)c2ccc(OCc3ccccc3)cc2C)[C@H]1c1ccc(F)cc1. The Labute approximate surface area is 223 Å². The van der Waals surface area contributed by atoms with Gasteiger partial charge in [0.25, 0.3) is 11.7 Å². The summed E-state index contributed by atoms with van der Waals surface area (Å²) in [5, 5.41) is 11.4. The van der Waals surface area contributed by atoms with Gasteiger partial charge in [-0.2, -0.15) is 0 Å². The van der Waals surface area contributed by atoms with E-state index in [4.69, 9.17) is 4.74 Å². The molecule has 7 heteroatoms. The predicted octanol–water partition coefficient (Wildman–Crippen LogP) is 5.48. The molecule has 198 valence electrons. The van der Waals surface area contributed by atoms with Gasteiger partial charge >= 0.3 is 0 Å². The van der Waals surface area contributed by atoms with E-state index < -0.39 is 23.5 Å². The monoisotopic (exact) mass is 516 g/mol. The number of nitrogens with zero attached hydrogens (tertiary/aromatic N) is 2. The van der Waals surface area contributed by atoms with E-state index >= 15 is 0 Å².